The SMILES string of the molecule is CCOC(=O)/C(C#N)=C\C=C(/Sc1nc2ccc(OCC)cc2s1)c1ccc(Cl)cc1. The Hall–Kier alpha value is -2.79. The van der Waals surface area contributed by atoms with E-state index in [2.05, 4.69) is 0 Å². The summed E-state index contributed by atoms with van der Waals surface area (Å²) in [5.74, 6) is 0.157. The van der Waals surface area contributed by atoms with Gasteiger partial charge in [-0.25, -0.2) is 9.78 Å². The van der Waals surface area contributed by atoms with Crippen LogP contribution in [0.4, 0.5) is 0 Å². The van der Waals surface area contributed by atoms with Crippen LogP contribution in [0.15, 0.2) is 64.5 Å². The summed E-state index contributed by atoms with van der Waals surface area (Å²) in [6.07, 6.45) is 3.19. The molecule has 0 aliphatic rings. The first-order valence-electron chi connectivity index (χ1n) is 9.50. The van der Waals surface area contributed by atoms with Crippen molar-refractivity contribution in [2.45, 2.75) is 18.2 Å². The molecule has 0 spiro atoms. The molecule has 3 rings (SSSR count). The highest BCUT2D eigenvalue weighted by Gasteiger charge is 2.12. The van der Waals surface area contributed by atoms with E-state index >= 15 is 0 Å². The quantitative estimate of drug-likeness (QED) is 0.123. The van der Waals surface area contributed by atoms with Gasteiger partial charge in [0.15, 0.2) is 4.34 Å². The standard InChI is InChI=1S/C23H19ClN2O3S2/c1-3-28-18-10-11-19-21(13-18)31-23(26-19)30-20(15-5-8-17(24)9-6-15)12-7-16(14-25)22(27)29-4-2/h5-13H,3-4H2,1-2H3/b16-7-,20-12-. The highest BCUT2D eigenvalue weighted by atomic mass is 35.5. The Morgan fingerprint density at radius 3 is 2.65 bits per heavy atom. The lowest BCUT2D eigenvalue weighted by molar-refractivity contribution is -0.138. The van der Waals surface area contributed by atoms with E-state index in [-0.39, 0.29) is 12.2 Å². The Balaban J connectivity index is 1.97. The molecular formula is C23H19ClN2O3S2. The smallest absolute Gasteiger partial charge is 0.348 e. The Morgan fingerprint density at radius 1 is 1.19 bits per heavy atom. The normalized spacial score (nSPS) is 11.9. The minimum Gasteiger partial charge on any atom is -0.494 e. The molecule has 31 heavy (non-hydrogen) atoms. The molecule has 3 aromatic rings. The third-order valence-corrected chi connectivity index (χ3v) is 6.42. The van der Waals surface area contributed by atoms with Gasteiger partial charge in [-0.3, -0.25) is 0 Å². The molecule has 0 bridgehead atoms. The van der Waals surface area contributed by atoms with Gasteiger partial charge in [0.1, 0.15) is 17.4 Å². The van der Waals surface area contributed by atoms with Gasteiger partial charge in [-0.1, -0.05) is 35.5 Å². The number of halogens is 1. The van der Waals surface area contributed by atoms with E-state index in [1.54, 1.807) is 36.5 Å². The number of ether oxygens (including phenoxy) is 2. The van der Waals surface area contributed by atoms with Crippen LogP contribution in [-0.4, -0.2) is 24.2 Å². The number of thiazole rings is 1. The molecule has 0 atom stereocenters. The van der Waals surface area contributed by atoms with E-state index < -0.39 is 5.97 Å². The molecule has 1 aromatic heterocycles. The van der Waals surface area contributed by atoms with Crippen LogP contribution in [0.2, 0.25) is 5.02 Å². The van der Waals surface area contributed by atoms with Crippen LogP contribution < -0.4 is 4.74 Å². The largest absolute Gasteiger partial charge is 0.494 e. The molecule has 5 nitrogen and oxygen atoms in total. The third kappa shape index (κ3) is 6.11. The average Bonchev–Trinajstić information content (AvgIpc) is 3.16. The molecule has 0 saturated carbocycles. The van der Waals surface area contributed by atoms with Crippen LogP contribution in [0.5, 0.6) is 5.75 Å². The second kappa shape index (κ2) is 11.0. The Labute approximate surface area is 194 Å². The minimum absolute atomic E-state index is 0.0698. The summed E-state index contributed by atoms with van der Waals surface area (Å²) in [7, 11) is 0. The van der Waals surface area contributed by atoms with Crippen molar-refractivity contribution in [1.29, 1.82) is 5.26 Å². The lowest BCUT2D eigenvalue weighted by Crippen LogP contribution is -2.05. The topological polar surface area (TPSA) is 72.2 Å². The second-order valence-corrected chi connectivity index (χ2v) is 8.85. The first kappa shape index (κ1) is 22.9. The highest BCUT2D eigenvalue weighted by Crippen LogP contribution is 2.39. The first-order valence-corrected chi connectivity index (χ1v) is 11.5. The summed E-state index contributed by atoms with van der Waals surface area (Å²) >= 11 is 9.03. The van der Waals surface area contributed by atoms with Crippen molar-refractivity contribution >= 4 is 55.8 Å². The number of hydrogen-bond acceptors (Lipinski definition) is 7. The number of thioether (sulfide) groups is 1. The van der Waals surface area contributed by atoms with Crippen molar-refractivity contribution in [2.75, 3.05) is 13.2 Å². The molecule has 158 valence electrons. The zero-order valence-electron chi connectivity index (χ0n) is 16.9. The molecule has 1 heterocycles. The number of carbonyl (C=O) groups is 1. The summed E-state index contributed by atoms with van der Waals surface area (Å²) in [5, 5.41) is 9.92. The van der Waals surface area contributed by atoms with Gasteiger partial charge in [-0.05, 0) is 61.9 Å². The lowest BCUT2D eigenvalue weighted by Gasteiger charge is -2.05. The highest BCUT2D eigenvalue weighted by molar-refractivity contribution is 8.09. The number of allylic oxidation sites excluding steroid dienone is 2. The molecule has 8 heteroatoms. The maximum Gasteiger partial charge on any atom is 0.348 e. The maximum atomic E-state index is 11.9. The summed E-state index contributed by atoms with van der Waals surface area (Å²) < 4.78 is 12.3. The van der Waals surface area contributed by atoms with Crippen LogP contribution in [0.25, 0.3) is 15.1 Å². The van der Waals surface area contributed by atoms with Gasteiger partial charge in [-0.15, -0.1) is 11.3 Å². The number of fused-ring (bicyclic) bond motifs is 1. The van der Waals surface area contributed by atoms with Gasteiger partial charge in [0, 0.05) is 9.93 Å². The van der Waals surface area contributed by atoms with Gasteiger partial charge in [0.05, 0.1) is 23.4 Å². The number of aromatic nitrogens is 1. The number of carbonyl (C=O) groups excluding carboxylic acids is 1. The Kier molecular flexibility index (Phi) is 8.13. The summed E-state index contributed by atoms with van der Waals surface area (Å²) in [6.45, 7) is 4.45. The van der Waals surface area contributed by atoms with Crippen LogP contribution in [0.1, 0.15) is 19.4 Å². The lowest BCUT2D eigenvalue weighted by atomic mass is 10.2. The van der Waals surface area contributed by atoms with Crippen molar-refractivity contribution in [2.24, 2.45) is 0 Å². The van der Waals surface area contributed by atoms with Crippen molar-refractivity contribution < 1.29 is 14.3 Å². The van der Waals surface area contributed by atoms with Gasteiger partial charge < -0.3 is 9.47 Å². The van der Waals surface area contributed by atoms with Gasteiger partial charge >= 0.3 is 5.97 Å². The van der Waals surface area contributed by atoms with E-state index in [0.717, 1.165) is 30.8 Å². The van der Waals surface area contributed by atoms with Crippen LogP contribution in [0.3, 0.4) is 0 Å². The second-order valence-electron chi connectivity index (χ2n) is 6.09. The van der Waals surface area contributed by atoms with Crippen molar-refractivity contribution in [1.82, 2.24) is 4.98 Å². The average molecular weight is 471 g/mol. The number of esters is 1. The zero-order chi connectivity index (χ0) is 22.2. The van der Waals surface area contributed by atoms with Gasteiger partial charge in [-0.2, -0.15) is 5.26 Å². The molecule has 0 fully saturated rings. The fraction of sp³-hybridized carbons (Fsp3) is 0.174. The molecule has 0 saturated heterocycles. The zero-order valence-corrected chi connectivity index (χ0v) is 19.3. The van der Waals surface area contributed by atoms with Crippen molar-refractivity contribution in [3.05, 3.63) is 70.8 Å². The van der Waals surface area contributed by atoms with E-state index in [9.17, 15) is 10.1 Å². The Bertz CT molecular complexity index is 1180. The number of benzene rings is 2. The fourth-order valence-electron chi connectivity index (χ4n) is 2.60. The molecule has 0 radical (unpaired) electrons. The predicted molar refractivity (Wildman–Crippen MR) is 126 cm³/mol. The van der Waals surface area contributed by atoms with E-state index in [1.165, 1.54) is 17.8 Å². The summed E-state index contributed by atoms with van der Waals surface area (Å²) in [5.41, 5.74) is 1.70. The predicted octanol–water partition coefficient (Wildman–Crippen LogP) is 6.49. The van der Waals surface area contributed by atoms with Gasteiger partial charge in [0.25, 0.3) is 0 Å². The molecule has 2 aromatic carbocycles. The monoisotopic (exact) mass is 470 g/mol. The third-order valence-electron chi connectivity index (χ3n) is 3.99. The van der Waals surface area contributed by atoms with E-state index in [4.69, 9.17) is 26.1 Å². The first-order chi connectivity index (χ1) is 15.0. The maximum absolute atomic E-state index is 11.9. The number of nitriles is 1. The van der Waals surface area contributed by atoms with E-state index in [0.29, 0.717) is 11.6 Å². The minimum atomic E-state index is -0.648. The number of nitrogens with zero attached hydrogens (tertiary/aromatic N) is 2. The number of rotatable bonds is 8. The van der Waals surface area contributed by atoms with Gasteiger partial charge in [0.2, 0.25) is 0 Å². The van der Waals surface area contributed by atoms with Crippen molar-refractivity contribution in [3.63, 3.8) is 0 Å². The van der Waals surface area contributed by atoms with E-state index in [1.807, 2.05) is 43.3 Å². The Morgan fingerprint density at radius 2 is 1.97 bits per heavy atom. The molecular weight excluding hydrogens is 452 g/mol. The molecule has 0 unspecified atom stereocenters. The fourth-order valence-corrected chi connectivity index (χ4v) is 4.88. The summed E-state index contributed by atoms with van der Waals surface area (Å²) in [4.78, 5) is 17.4. The van der Waals surface area contributed by atoms with Crippen molar-refractivity contribution in [3.8, 4) is 11.8 Å². The number of hydrogen-bond donors (Lipinski definition) is 0. The van der Waals surface area contributed by atoms with Crippen LogP contribution in [0, 0.1) is 11.3 Å². The molecule has 0 N–H and O–H groups in total. The molecule has 0 aliphatic carbocycles. The summed E-state index contributed by atoms with van der Waals surface area (Å²) in [6, 6.07) is 15.0. The molecule has 0 aliphatic heterocycles. The van der Waals surface area contributed by atoms with Crippen LogP contribution in [-0.2, 0) is 9.53 Å². The van der Waals surface area contributed by atoms with Crippen LogP contribution >= 0.6 is 34.7 Å². The molecule has 0 amide bonds.